The molecule has 0 saturated heterocycles. The number of thioether (sulfide) groups is 1. The Balaban J connectivity index is 2.26. The van der Waals surface area contributed by atoms with E-state index in [1.807, 2.05) is 18.0 Å². The predicted molar refractivity (Wildman–Crippen MR) is 82.2 cm³/mol. The van der Waals surface area contributed by atoms with Gasteiger partial charge < -0.3 is 0 Å². The molecule has 1 aliphatic rings. The normalized spacial score (nSPS) is 14.2. The predicted octanol–water partition coefficient (Wildman–Crippen LogP) is 4.89. The van der Waals surface area contributed by atoms with Gasteiger partial charge in [0.1, 0.15) is 0 Å². The van der Waals surface area contributed by atoms with E-state index in [-0.39, 0.29) is 0 Å². The van der Waals surface area contributed by atoms with Gasteiger partial charge in [-0.15, -0.1) is 11.8 Å². The Morgan fingerprint density at radius 2 is 1.84 bits per heavy atom. The third-order valence-corrected chi connectivity index (χ3v) is 5.37. The number of hydrogen-bond acceptors (Lipinski definition) is 2. The van der Waals surface area contributed by atoms with Crippen molar-refractivity contribution in [2.24, 2.45) is 0 Å². The van der Waals surface area contributed by atoms with Gasteiger partial charge >= 0.3 is 0 Å². The lowest BCUT2D eigenvalue weighted by Crippen LogP contribution is -1.91. The lowest BCUT2D eigenvalue weighted by atomic mass is 9.92. The van der Waals surface area contributed by atoms with Gasteiger partial charge in [0.05, 0.1) is 0 Å². The Labute approximate surface area is 115 Å². The molecular formula is C17H11NS. The molecule has 0 bridgehead atoms. The summed E-state index contributed by atoms with van der Waals surface area (Å²) in [5.74, 6) is 1.10. The zero-order chi connectivity index (χ0) is 12.6. The second kappa shape index (κ2) is 3.20. The Kier molecular flexibility index (Phi) is 1.69. The molecule has 2 heteroatoms. The molecule has 3 aromatic carbocycles. The number of nitrogens with zero attached hydrogens (tertiary/aromatic N) is 1. The number of hydrogen-bond donors (Lipinski definition) is 0. The Morgan fingerprint density at radius 3 is 2.79 bits per heavy atom. The Bertz CT molecular complexity index is 971. The molecule has 0 fully saturated rings. The van der Waals surface area contributed by atoms with Crippen LogP contribution in [0, 0.1) is 6.92 Å². The summed E-state index contributed by atoms with van der Waals surface area (Å²) in [5, 5.41) is 8.25. The van der Waals surface area contributed by atoms with E-state index in [9.17, 15) is 0 Å². The summed E-state index contributed by atoms with van der Waals surface area (Å²) in [6.45, 7) is 2.11. The second-order valence-electron chi connectivity index (χ2n) is 5.28. The third kappa shape index (κ3) is 1.11. The van der Waals surface area contributed by atoms with Crippen LogP contribution in [0.1, 0.15) is 11.3 Å². The smallest absolute Gasteiger partial charge is 0.0451 e. The van der Waals surface area contributed by atoms with Gasteiger partial charge in [0.25, 0.3) is 0 Å². The number of aryl methyl sites for hydroxylation is 1. The van der Waals surface area contributed by atoms with Crippen molar-refractivity contribution in [3.8, 4) is 0 Å². The van der Waals surface area contributed by atoms with Crippen LogP contribution in [0.25, 0.3) is 32.3 Å². The number of benzene rings is 3. The molecule has 19 heavy (non-hydrogen) atoms. The first-order valence-corrected chi connectivity index (χ1v) is 7.50. The second-order valence-corrected chi connectivity index (χ2v) is 6.30. The highest BCUT2D eigenvalue weighted by Crippen LogP contribution is 2.46. The van der Waals surface area contributed by atoms with Crippen LogP contribution in [0.4, 0.5) is 0 Å². The van der Waals surface area contributed by atoms with Crippen LogP contribution in [0.3, 0.4) is 0 Å². The van der Waals surface area contributed by atoms with Crippen LogP contribution in [-0.2, 0) is 5.75 Å². The van der Waals surface area contributed by atoms with Crippen molar-refractivity contribution < 1.29 is 0 Å². The van der Waals surface area contributed by atoms with E-state index in [0.717, 1.165) is 11.4 Å². The summed E-state index contributed by atoms with van der Waals surface area (Å²) in [6.07, 6.45) is 2.01. The fourth-order valence-electron chi connectivity index (χ4n) is 3.36. The van der Waals surface area contributed by atoms with E-state index in [1.165, 1.54) is 42.8 Å². The van der Waals surface area contributed by atoms with Gasteiger partial charge in [-0.1, -0.05) is 18.2 Å². The van der Waals surface area contributed by atoms with Crippen molar-refractivity contribution in [1.29, 1.82) is 0 Å². The van der Waals surface area contributed by atoms with Crippen LogP contribution >= 0.6 is 11.8 Å². The van der Waals surface area contributed by atoms with E-state index >= 15 is 0 Å². The van der Waals surface area contributed by atoms with Crippen molar-refractivity contribution in [1.82, 2.24) is 4.98 Å². The minimum atomic E-state index is 1.10. The van der Waals surface area contributed by atoms with Gasteiger partial charge in [0.2, 0.25) is 0 Å². The van der Waals surface area contributed by atoms with Gasteiger partial charge in [0, 0.05) is 44.1 Å². The molecule has 0 unspecified atom stereocenters. The fraction of sp³-hybridized carbons (Fsp3) is 0.118. The minimum Gasteiger partial charge on any atom is -0.260 e. The van der Waals surface area contributed by atoms with Gasteiger partial charge in [-0.25, -0.2) is 0 Å². The van der Waals surface area contributed by atoms with E-state index in [1.54, 1.807) is 0 Å². The molecule has 0 atom stereocenters. The SMILES string of the molecule is Cc1ncc2ccc3ccc4c5c(cc1c2c35)CS4. The summed E-state index contributed by atoms with van der Waals surface area (Å²) in [5.41, 5.74) is 2.61. The van der Waals surface area contributed by atoms with Crippen LogP contribution in [0.2, 0.25) is 0 Å². The molecule has 0 aliphatic carbocycles. The van der Waals surface area contributed by atoms with E-state index in [0.29, 0.717) is 0 Å². The monoisotopic (exact) mass is 261 g/mol. The van der Waals surface area contributed by atoms with Gasteiger partial charge in [-0.05, 0) is 35.4 Å². The summed E-state index contributed by atoms with van der Waals surface area (Å²) in [7, 11) is 0. The first kappa shape index (κ1) is 10.0. The number of pyridine rings is 1. The molecule has 1 aromatic heterocycles. The molecule has 1 nitrogen and oxygen atoms in total. The largest absolute Gasteiger partial charge is 0.260 e. The highest BCUT2D eigenvalue weighted by atomic mass is 32.2. The molecule has 0 amide bonds. The van der Waals surface area contributed by atoms with Crippen LogP contribution in [-0.4, -0.2) is 4.98 Å². The first-order valence-electron chi connectivity index (χ1n) is 6.52. The molecule has 4 aromatic rings. The summed E-state index contributed by atoms with van der Waals surface area (Å²) < 4.78 is 0. The molecular weight excluding hydrogens is 250 g/mol. The number of aromatic nitrogens is 1. The van der Waals surface area contributed by atoms with E-state index in [4.69, 9.17) is 0 Å². The standard InChI is InChI=1S/C17H11NS/c1-9-13-6-12-8-19-14-5-4-10-2-3-11(7-18-9)15(13)17(10)16(12)14/h2-7H,8H2,1H3. The van der Waals surface area contributed by atoms with Gasteiger partial charge in [-0.2, -0.15) is 0 Å². The summed E-state index contributed by atoms with van der Waals surface area (Å²) in [4.78, 5) is 5.98. The summed E-state index contributed by atoms with van der Waals surface area (Å²) >= 11 is 1.96. The first-order chi connectivity index (χ1) is 9.33. The van der Waals surface area contributed by atoms with Crippen molar-refractivity contribution in [3.05, 3.63) is 47.8 Å². The maximum Gasteiger partial charge on any atom is 0.0451 e. The maximum atomic E-state index is 4.55. The maximum absolute atomic E-state index is 4.55. The average molecular weight is 261 g/mol. The van der Waals surface area contributed by atoms with Crippen molar-refractivity contribution in [2.75, 3.05) is 0 Å². The molecule has 90 valence electrons. The number of rotatable bonds is 0. The average Bonchev–Trinajstić information content (AvgIpc) is 2.86. The molecule has 0 N–H and O–H groups in total. The van der Waals surface area contributed by atoms with E-state index in [2.05, 4.69) is 42.2 Å². The zero-order valence-electron chi connectivity index (χ0n) is 10.5. The zero-order valence-corrected chi connectivity index (χ0v) is 11.3. The lowest BCUT2D eigenvalue weighted by Gasteiger charge is -2.13. The van der Waals surface area contributed by atoms with E-state index < -0.39 is 0 Å². The Hall–Kier alpha value is -1.80. The van der Waals surface area contributed by atoms with Crippen LogP contribution < -0.4 is 0 Å². The van der Waals surface area contributed by atoms with Crippen LogP contribution in [0.15, 0.2) is 41.4 Å². The molecule has 0 radical (unpaired) electrons. The van der Waals surface area contributed by atoms with Crippen molar-refractivity contribution in [3.63, 3.8) is 0 Å². The van der Waals surface area contributed by atoms with Gasteiger partial charge in [-0.3, -0.25) is 4.98 Å². The molecule has 1 aliphatic heterocycles. The highest BCUT2D eigenvalue weighted by molar-refractivity contribution is 7.99. The Morgan fingerprint density at radius 1 is 1.00 bits per heavy atom. The molecule has 0 saturated carbocycles. The molecule has 5 rings (SSSR count). The minimum absolute atomic E-state index is 1.10. The molecule has 0 spiro atoms. The van der Waals surface area contributed by atoms with Crippen molar-refractivity contribution in [2.45, 2.75) is 17.6 Å². The quantitative estimate of drug-likeness (QED) is 0.418. The van der Waals surface area contributed by atoms with Gasteiger partial charge in [0.15, 0.2) is 0 Å². The summed E-state index contributed by atoms with van der Waals surface area (Å²) in [6, 6.07) is 11.3. The van der Waals surface area contributed by atoms with Crippen LogP contribution in [0.5, 0.6) is 0 Å². The van der Waals surface area contributed by atoms with Crippen molar-refractivity contribution >= 4 is 44.1 Å². The third-order valence-electron chi connectivity index (χ3n) is 4.26. The topological polar surface area (TPSA) is 12.9 Å². The fourth-order valence-corrected chi connectivity index (χ4v) is 4.44. The highest BCUT2D eigenvalue weighted by Gasteiger charge is 2.20. The molecule has 2 heterocycles. The lowest BCUT2D eigenvalue weighted by molar-refractivity contribution is 1.25.